The molecular weight excluding hydrogens is 288 g/mol. The number of aliphatic carboxylic acids is 1. The number of likely N-dealkylation sites (tertiary alicyclic amines) is 1. The molecule has 1 unspecified atom stereocenters. The number of anilines is 1. The molecule has 22 heavy (non-hydrogen) atoms. The van der Waals surface area contributed by atoms with Crippen molar-refractivity contribution in [2.24, 2.45) is 0 Å². The first kappa shape index (κ1) is 14.4. The van der Waals surface area contributed by atoms with Crippen LogP contribution in [0.25, 0.3) is 0 Å². The molecule has 0 aromatic heterocycles. The van der Waals surface area contributed by atoms with E-state index in [0.717, 1.165) is 0 Å². The number of nitrogens with one attached hydrogen (secondary N) is 1. The lowest BCUT2D eigenvalue weighted by Crippen LogP contribution is -2.61. The molecular formula is C15H16N2O5. The fourth-order valence-corrected chi connectivity index (χ4v) is 2.85. The third-order valence-corrected chi connectivity index (χ3v) is 4.09. The summed E-state index contributed by atoms with van der Waals surface area (Å²) in [7, 11) is 0. The van der Waals surface area contributed by atoms with Crippen molar-refractivity contribution in [1.29, 1.82) is 0 Å². The maximum Gasteiger partial charge on any atom is 0.326 e. The van der Waals surface area contributed by atoms with Crippen LogP contribution < -0.4 is 10.1 Å². The fourth-order valence-electron chi connectivity index (χ4n) is 2.85. The lowest BCUT2D eigenvalue weighted by atomic mass is 10.00. The highest BCUT2D eigenvalue weighted by molar-refractivity contribution is 6.15. The van der Waals surface area contributed by atoms with Crippen LogP contribution in [0.4, 0.5) is 5.69 Å². The first-order valence-electron chi connectivity index (χ1n) is 7.07. The monoisotopic (exact) mass is 304 g/mol. The Morgan fingerprint density at radius 1 is 1.41 bits per heavy atom. The summed E-state index contributed by atoms with van der Waals surface area (Å²) in [5, 5.41) is 11.8. The van der Waals surface area contributed by atoms with Crippen molar-refractivity contribution in [3.05, 3.63) is 24.3 Å². The van der Waals surface area contributed by atoms with Gasteiger partial charge in [0, 0.05) is 6.54 Å². The zero-order chi connectivity index (χ0) is 15.9. The Kier molecular flexibility index (Phi) is 3.27. The third-order valence-electron chi connectivity index (χ3n) is 4.09. The van der Waals surface area contributed by atoms with Gasteiger partial charge in [0.25, 0.3) is 17.4 Å². The van der Waals surface area contributed by atoms with Gasteiger partial charge in [0.2, 0.25) is 0 Å². The van der Waals surface area contributed by atoms with Gasteiger partial charge >= 0.3 is 5.97 Å². The van der Waals surface area contributed by atoms with E-state index in [4.69, 9.17) is 4.74 Å². The second-order valence-electron chi connectivity index (χ2n) is 5.58. The molecule has 2 aliphatic rings. The number of amides is 2. The molecule has 1 aromatic rings. The van der Waals surface area contributed by atoms with Crippen LogP contribution in [-0.2, 0) is 14.4 Å². The maximum atomic E-state index is 12.7. The van der Waals surface area contributed by atoms with Gasteiger partial charge in [-0.1, -0.05) is 12.1 Å². The zero-order valence-electron chi connectivity index (χ0n) is 12.0. The maximum absolute atomic E-state index is 12.7. The molecule has 2 atom stereocenters. The van der Waals surface area contributed by atoms with E-state index in [1.54, 1.807) is 24.3 Å². The van der Waals surface area contributed by atoms with E-state index >= 15 is 0 Å². The van der Waals surface area contributed by atoms with E-state index in [-0.39, 0.29) is 0 Å². The zero-order valence-corrected chi connectivity index (χ0v) is 12.0. The van der Waals surface area contributed by atoms with Gasteiger partial charge < -0.3 is 20.1 Å². The Balaban J connectivity index is 1.91. The summed E-state index contributed by atoms with van der Waals surface area (Å²) in [4.78, 5) is 37.5. The predicted octanol–water partition coefficient (Wildman–Crippen LogP) is 0.852. The highest BCUT2D eigenvalue weighted by atomic mass is 16.5. The van der Waals surface area contributed by atoms with Gasteiger partial charge in [-0.25, -0.2) is 4.79 Å². The number of hydrogen-bond donors (Lipinski definition) is 2. The van der Waals surface area contributed by atoms with Crippen LogP contribution in [0.5, 0.6) is 5.75 Å². The minimum Gasteiger partial charge on any atom is -0.480 e. The Bertz CT molecular complexity index is 659. The molecule has 2 aliphatic heterocycles. The lowest BCUT2D eigenvalue weighted by molar-refractivity contribution is -0.160. The van der Waals surface area contributed by atoms with Gasteiger partial charge in [-0.15, -0.1) is 0 Å². The molecule has 0 bridgehead atoms. The van der Waals surface area contributed by atoms with E-state index < -0.39 is 29.4 Å². The minimum absolute atomic E-state index is 0.309. The van der Waals surface area contributed by atoms with Crippen LogP contribution in [0.2, 0.25) is 0 Å². The third kappa shape index (κ3) is 2.09. The Morgan fingerprint density at radius 3 is 2.86 bits per heavy atom. The number of carbonyl (C=O) groups excluding carboxylic acids is 2. The molecule has 0 spiro atoms. The number of rotatable bonds is 2. The van der Waals surface area contributed by atoms with Crippen molar-refractivity contribution in [2.45, 2.75) is 31.4 Å². The molecule has 1 fully saturated rings. The van der Waals surface area contributed by atoms with Crippen molar-refractivity contribution in [3.8, 4) is 5.75 Å². The molecule has 3 rings (SSSR count). The summed E-state index contributed by atoms with van der Waals surface area (Å²) in [6, 6.07) is 5.90. The van der Waals surface area contributed by atoms with Crippen LogP contribution >= 0.6 is 0 Å². The quantitative estimate of drug-likeness (QED) is 0.790. The number of ether oxygens (including phenoxy) is 1. The number of nitrogens with zero attached hydrogens (tertiary/aromatic N) is 1. The van der Waals surface area contributed by atoms with Crippen LogP contribution in [0.15, 0.2) is 24.3 Å². The van der Waals surface area contributed by atoms with E-state index in [9.17, 15) is 19.5 Å². The van der Waals surface area contributed by atoms with Crippen LogP contribution in [0, 0.1) is 0 Å². The second kappa shape index (κ2) is 5.01. The Labute approximate surface area is 126 Å². The first-order chi connectivity index (χ1) is 10.4. The molecule has 0 aliphatic carbocycles. The van der Waals surface area contributed by atoms with Crippen molar-refractivity contribution < 1.29 is 24.2 Å². The number of para-hydroxylation sites is 2. The van der Waals surface area contributed by atoms with Crippen LogP contribution in [0.3, 0.4) is 0 Å². The highest BCUT2D eigenvalue weighted by Crippen LogP contribution is 2.35. The average Bonchev–Trinajstić information content (AvgIpc) is 2.97. The molecule has 0 radical (unpaired) electrons. The number of carbonyl (C=O) groups is 3. The average molecular weight is 304 g/mol. The van der Waals surface area contributed by atoms with E-state index in [2.05, 4.69) is 5.32 Å². The summed E-state index contributed by atoms with van der Waals surface area (Å²) in [5.41, 5.74) is -1.26. The molecule has 0 saturated carbocycles. The summed E-state index contributed by atoms with van der Waals surface area (Å²) >= 11 is 0. The minimum atomic E-state index is -1.76. The van der Waals surface area contributed by atoms with Crippen molar-refractivity contribution in [1.82, 2.24) is 4.90 Å². The summed E-state index contributed by atoms with van der Waals surface area (Å²) in [6.45, 7) is 1.68. The lowest BCUT2D eigenvalue weighted by Gasteiger charge is -2.36. The van der Waals surface area contributed by atoms with Crippen molar-refractivity contribution in [3.63, 3.8) is 0 Å². The van der Waals surface area contributed by atoms with Crippen LogP contribution in [-0.4, -0.2) is 46.0 Å². The van der Waals surface area contributed by atoms with Gasteiger partial charge in [0.15, 0.2) is 0 Å². The summed E-state index contributed by atoms with van der Waals surface area (Å²) < 4.78 is 5.64. The van der Waals surface area contributed by atoms with Crippen LogP contribution in [0.1, 0.15) is 19.8 Å². The molecule has 1 saturated heterocycles. The molecule has 116 valence electrons. The normalized spacial score (nSPS) is 26.9. The topological polar surface area (TPSA) is 95.9 Å². The van der Waals surface area contributed by atoms with E-state index in [0.29, 0.717) is 30.8 Å². The molecule has 7 nitrogen and oxygen atoms in total. The second-order valence-corrected chi connectivity index (χ2v) is 5.58. The van der Waals surface area contributed by atoms with Crippen molar-refractivity contribution in [2.75, 3.05) is 11.9 Å². The summed E-state index contributed by atoms with van der Waals surface area (Å²) in [5.74, 6) is -1.88. The van der Waals surface area contributed by atoms with Crippen molar-refractivity contribution >= 4 is 23.5 Å². The van der Waals surface area contributed by atoms with Gasteiger partial charge in [0.1, 0.15) is 11.8 Å². The number of carboxylic acids is 1. The molecule has 7 heteroatoms. The van der Waals surface area contributed by atoms with Gasteiger partial charge in [-0.05, 0) is 31.9 Å². The smallest absolute Gasteiger partial charge is 0.326 e. The standard InChI is InChI=1S/C15H16N2O5/c1-15(14(21)17-8-4-6-10(17)12(18)19)13(20)16-9-5-2-3-7-11(9)22-15/h2-3,5,7,10H,4,6,8H2,1H3,(H,16,20)(H,18,19)/t10-,15?/m0/s1. The first-order valence-corrected chi connectivity index (χ1v) is 7.07. The fraction of sp³-hybridized carbons (Fsp3) is 0.400. The Morgan fingerprint density at radius 2 is 2.14 bits per heavy atom. The SMILES string of the molecule is CC1(C(=O)N2CCC[C@H]2C(=O)O)Oc2ccccc2NC1=O. The van der Waals surface area contributed by atoms with E-state index in [1.807, 2.05) is 0 Å². The number of benzene rings is 1. The van der Waals surface area contributed by atoms with E-state index in [1.165, 1.54) is 11.8 Å². The molecule has 2 amide bonds. The van der Waals surface area contributed by atoms with Gasteiger partial charge in [-0.2, -0.15) is 0 Å². The largest absolute Gasteiger partial charge is 0.480 e. The number of fused-ring (bicyclic) bond motifs is 1. The predicted molar refractivity (Wildman–Crippen MR) is 76.5 cm³/mol. The molecule has 2 N–H and O–H groups in total. The van der Waals surface area contributed by atoms with Gasteiger partial charge in [-0.3, -0.25) is 9.59 Å². The summed E-state index contributed by atoms with van der Waals surface area (Å²) in [6.07, 6.45) is 0.979. The number of hydrogen-bond acceptors (Lipinski definition) is 4. The molecule has 1 aromatic carbocycles. The number of carboxylic acid groups (broad SMARTS) is 1. The Hall–Kier alpha value is -2.57. The molecule has 2 heterocycles. The highest BCUT2D eigenvalue weighted by Gasteiger charge is 2.52. The van der Waals surface area contributed by atoms with Gasteiger partial charge in [0.05, 0.1) is 5.69 Å².